The second-order valence-electron chi connectivity index (χ2n) is 6.10. The molecule has 0 radical (unpaired) electrons. The molecular weight excluding hydrogens is 378 g/mol. The van der Waals surface area contributed by atoms with E-state index in [1.807, 2.05) is 42.5 Å². The highest BCUT2D eigenvalue weighted by molar-refractivity contribution is 7.92. The second-order valence-corrected chi connectivity index (χ2v) is 7.75. The van der Waals surface area contributed by atoms with E-state index in [1.54, 1.807) is 12.1 Å². The molecule has 144 valence electrons. The third-order valence-corrected chi connectivity index (χ3v) is 5.59. The molecule has 0 fully saturated rings. The fourth-order valence-corrected chi connectivity index (χ4v) is 4.11. The lowest BCUT2D eigenvalue weighted by molar-refractivity contribution is 0.0696. The van der Waals surface area contributed by atoms with Gasteiger partial charge in [-0.25, -0.2) is 13.2 Å². The van der Waals surface area contributed by atoms with Gasteiger partial charge in [0, 0.05) is 0 Å². The quantitative estimate of drug-likeness (QED) is 0.633. The Morgan fingerprint density at radius 1 is 1.00 bits per heavy atom. The van der Waals surface area contributed by atoms with Crippen molar-refractivity contribution in [1.29, 1.82) is 0 Å². The first kappa shape index (κ1) is 19.4. The van der Waals surface area contributed by atoms with Crippen molar-refractivity contribution in [2.75, 3.05) is 11.8 Å². The SMILES string of the molecule is COc1ccc(C(=O)O)cc1S(=O)(=O)Nc1ccccc1Cc1ccccc1. The highest BCUT2D eigenvalue weighted by Gasteiger charge is 2.22. The number of hydrogen-bond donors (Lipinski definition) is 2. The molecule has 7 heteroatoms. The van der Waals surface area contributed by atoms with Crippen LogP contribution < -0.4 is 9.46 Å². The van der Waals surface area contributed by atoms with Crippen LogP contribution in [0, 0.1) is 0 Å². The molecule has 3 aromatic rings. The second kappa shape index (κ2) is 8.14. The average Bonchev–Trinajstić information content (AvgIpc) is 2.69. The van der Waals surface area contributed by atoms with Crippen molar-refractivity contribution < 1.29 is 23.1 Å². The molecule has 0 unspecified atom stereocenters. The van der Waals surface area contributed by atoms with Gasteiger partial charge in [0.2, 0.25) is 0 Å². The molecule has 0 bridgehead atoms. The Morgan fingerprint density at radius 3 is 2.36 bits per heavy atom. The number of rotatable bonds is 7. The number of anilines is 1. The van der Waals surface area contributed by atoms with Gasteiger partial charge in [-0.15, -0.1) is 0 Å². The zero-order valence-electron chi connectivity index (χ0n) is 15.1. The molecular formula is C21H19NO5S. The van der Waals surface area contributed by atoms with Gasteiger partial charge in [0.05, 0.1) is 18.4 Å². The smallest absolute Gasteiger partial charge is 0.335 e. The van der Waals surface area contributed by atoms with Gasteiger partial charge in [0.25, 0.3) is 10.0 Å². The molecule has 2 N–H and O–H groups in total. The van der Waals surface area contributed by atoms with Gasteiger partial charge in [-0.05, 0) is 41.8 Å². The number of benzene rings is 3. The molecule has 0 atom stereocenters. The van der Waals surface area contributed by atoms with E-state index in [0.717, 1.165) is 17.2 Å². The first-order chi connectivity index (χ1) is 13.4. The molecule has 3 rings (SSSR count). The van der Waals surface area contributed by atoms with Gasteiger partial charge < -0.3 is 9.84 Å². The van der Waals surface area contributed by atoms with Gasteiger partial charge in [-0.3, -0.25) is 4.72 Å². The van der Waals surface area contributed by atoms with E-state index in [9.17, 15) is 18.3 Å². The number of nitrogens with one attached hydrogen (secondary N) is 1. The van der Waals surface area contributed by atoms with E-state index in [0.29, 0.717) is 12.1 Å². The molecule has 28 heavy (non-hydrogen) atoms. The van der Waals surface area contributed by atoms with Crippen LogP contribution in [0.2, 0.25) is 0 Å². The largest absolute Gasteiger partial charge is 0.495 e. The fourth-order valence-electron chi connectivity index (χ4n) is 2.81. The Hall–Kier alpha value is -3.32. The number of para-hydroxylation sites is 1. The Kier molecular flexibility index (Phi) is 5.65. The lowest BCUT2D eigenvalue weighted by Gasteiger charge is -2.15. The Balaban J connectivity index is 1.98. The number of aromatic carboxylic acids is 1. The molecule has 0 saturated carbocycles. The van der Waals surface area contributed by atoms with E-state index >= 15 is 0 Å². The zero-order valence-corrected chi connectivity index (χ0v) is 15.9. The first-order valence-corrected chi connectivity index (χ1v) is 9.95. The topological polar surface area (TPSA) is 92.7 Å². The van der Waals surface area contributed by atoms with Crippen molar-refractivity contribution in [1.82, 2.24) is 0 Å². The standard InChI is InChI=1S/C21H19NO5S/c1-27-19-12-11-17(21(23)24)14-20(19)28(25,26)22-18-10-6-5-9-16(18)13-15-7-3-2-4-8-15/h2-12,14,22H,13H2,1H3,(H,23,24). The zero-order chi connectivity index (χ0) is 20.1. The minimum absolute atomic E-state index is 0.0676. The number of carboxylic acid groups (broad SMARTS) is 1. The Bertz CT molecular complexity index is 1090. The van der Waals surface area contributed by atoms with Gasteiger partial charge in [0.1, 0.15) is 10.6 Å². The van der Waals surface area contributed by atoms with Crippen molar-refractivity contribution in [3.63, 3.8) is 0 Å². The number of carbonyl (C=O) groups is 1. The van der Waals surface area contributed by atoms with Crippen LogP contribution in [0.1, 0.15) is 21.5 Å². The van der Waals surface area contributed by atoms with E-state index in [4.69, 9.17) is 4.74 Å². The maximum absolute atomic E-state index is 13.0. The predicted molar refractivity (Wildman–Crippen MR) is 106 cm³/mol. The Labute approximate surface area is 163 Å². The predicted octanol–water partition coefficient (Wildman–Crippen LogP) is 3.79. The first-order valence-electron chi connectivity index (χ1n) is 8.46. The van der Waals surface area contributed by atoms with Gasteiger partial charge in [-0.1, -0.05) is 48.5 Å². The van der Waals surface area contributed by atoms with Crippen LogP contribution in [0.5, 0.6) is 5.75 Å². The maximum atomic E-state index is 13.0. The molecule has 0 aromatic heterocycles. The lowest BCUT2D eigenvalue weighted by atomic mass is 10.0. The van der Waals surface area contributed by atoms with E-state index < -0.39 is 16.0 Å². The molecule has 6 nitrogen and oxygen atoms in total. The van der Waals surface area contributed by atoms with E-state index in [-0.39, 0.29) is 16.2 Å². The highest BCUT2D eigenvalue weighted by atomic mass is 32.2. The minimum atomic E-state index is -4.07. The van der Waals surface area contributed by atoms with Crippen molar-refractivity contribution in [3.8, 4) is 5.75 Å². The molecule has 0 heterocycles. The van der Waals surface area contributed by atoms with Crippen molar-refractivity contribution in [3.05, 3.63) is 89.5 Å². The third kappa shape index (κ3) is 4.32. The number of ether oxygens (including phenoxy) is 1. The van der Waals surface area contributed by atoms with E-state index in [1.165, 1.54) is 19.2 Å². The molecule has 0 saturated heterocycles. The van der Waals surface area contributed by atoms with Crippen LogP contribution >= 0.6 is 0 Å². The summed E-state index contributed by atoms with van der Waals surface area (Å²) in [7, 11) is -2.73. The van der Waals surface area contributed by atoms with Crippen LogP contribution in [0.4, 0.5) is 5.69 Å². The summed E-state index contributed by atoms with van der Waals surface area (Å²) in [6.07, 6.45) is 0.547. The maximum Gasteiger partial charge on any atom is 0.335 e. The summed E-state index contributed by atoms with van der Waals surface area (Å²) in [4.78, 5) is 11.0. The average molecular weight is 397 g/mol. The molecule has 0 amide bonds. The van der Waals surface area contributed by atoms with Crippen molar-refractivity contribution in [2.45, 2.75) is 11.3 Å². The summed E-state index contributed by atoms with van der Waals surface area (Å²) in [5.74, 6) is -1.15. The summed E-state index contributed by atoms with van der Waals surface area (Å²) < 4.78 is 33.6. The monoisotopic (exact) mass is 397 g/mol. The number of carboxylic acids is 1. The van der Waals surface area contributed by atoms with E-state index in [2.05, 4.69) is 4.72 Å². The minimum Gasteiger partial charge on any atom is -0.495 e. The Morgan fingerprint density at radius 2 is 1.68 bits per heavy atom. The van der Waals surface area contributed by atoms with Crippen LogP contribution in [0.3, 0.4) is 0 Å². The normalized spacial score (nSPS) is 11.0. The van der Waals surface area contributed by atoms with Crippen molar-refractivity contribution in [2.24, 2.45) is 0 Å². The molecule has 0 spiro atoms. The summed E-state index contributed by atoms with van der Waals surface area (Å²) in [6.45, 7) is 0. The molecule has 0 aliphatic heterocycles. The molecule has 3 aromatic carbocycles. The highest BCUT2D eigenvalue weighted by Crippen LogP contribution is 2.28. The van der Waals surface area contributed by atoms with Crippen molar-refractivity contribution >= 4 is 21.7 Å². The fraction of sp³-hybridized carbons (Fsp3) is 0.0952. The summed E-state index contributed by atoms with van der Waals surface area (Å²) >= 11 is 0. The summed E-state index contributed by atoms with van der Waals surface area (Å²) in [5, 5.41) is 9.18. The molecule has 0 aliphatic carbocycles. The van der Waals surface area contributed by atoms with Gasteiger partial charge >= 0.3 is 5.97 Å². The van der Waals surface area contributed by atoms with Crippen LogP contribution in [-0.2, 0) is 16.4 Å². The summed E-state index contributed by atoms with van der Waals surface area (Å²) in [5.41, 5.74) is 2.12. The summed E-state index contributed by atoms with van der Waals surface area (Å²) in [6, 6.07) is 20.5. The third-order valence-electron chi connectivity index (χ3n) is 4.20. The van der Waals surface area contributed by atoms with Gasteiger partial charge in [0.15, 0.2) is 0 Å². The number of sulfonamides is 1. The lowest BCUT2D eigenvalue weighted by Crippen LogP contribution is -2.16. The van der Waals surface area contributed by atoms with Crippen LogP contribution in [0.25, 0.3) is 0 Å². The van der Waals surface area contributed by atoms with Crippen LogP contribution in [-0.4, -0.2) is 26.6 Å². The number of hydrogen-bond acceptors (Lipinski definition) is 4. The van der Waals surface area contributed by atoms with Crippen LogP contribution in [0.15, 0.2) is 77.7 Å². The molecule has 0 aliphatic rings. The van der Waals surface area contributed by atoms with Gasteiger partial charge in [-0.2, -0.15) is 0 Å². The number of methoxy groups -OCH3 is 1.